The summed E-state index contributed by atoms with van der Waals surface area (Å²) in [5.74, 6) is -1.36. The molecule has 162 valence electrons. The Kier molecular flexibility index (Phi) is 9.82. The zero-order chi connectivity index (χ0) is 21.2. The summed E-state index contributed by atoms with van der Waals surface area (Å²) in [6.45, 7) is 2.13. The maximum atomic E-state index is 14.5. The maximum Gasteiger partial charge on any atom is 0.303 e. The minimum absolute atomic E-state index is 0.136. The number of carbonyl (C=O) groups is 1. The van der Waals surface area contributed by atoms with Gasteiger partial charge in [0.25, 0.3) is 0 Å². The van der Waals surface area contributed by atoms with Gasteiger partial charge in [0.2, 0.25) is 0 Å². The van der Waals surface area contributed by atoms with E-state index < -0.39 is 24.3 Å². The van der Waals surface area contributed by atoms with Crippen LogP contribution < -0.4 is 0 Å². The third-order valence-electron chi connectivity index (χ3n) is 5.93. The molecule has 1 aromatic carbocycles. The second-order valence-corrected chi connectivity index (χ2v) is 8.18. The van der Waals surface area contributed by atoms with Crippen LogP contribution in [-0.4, -0.2) is 33.6 Å². The summed E-state index contributed by atoms with van der Waals surface area (Å²) in [4.78, 5) is 10.5. The molecule has 0 aliphatic heterocycles. The van der Waals surface area contributed by atoms with Crippen LogP contribution >= 0.6 is 0 Å². The van der Waals surface area contributed by atoms with Crippen molar-refractivity contribution in [1.82, 2.24) is 0 Å². The van der Waals surface area contributed by atoms with Crippen LogP contribution in [0.5, 0.6) is 0 Å². The molecule has 4 nitrogen and oxygen atoms in total. The number of hydrogen-bond donors (Lipinski definition) is 3. The van der Waals surface area contributed by atoms with Gasteiger partial charge in [0.15, 0.2) is 0 Å². The first kappa shape index (κ1) is 23.6. The number of aliphatic carboxylic acids is 1. The van der Waals surface area contributed by atoms with Gasteiger partial charge in [-0.2, -0.15) is 0 Å². The third-order valence-corrected chi connectivity index (χ3v) is 5.93. The van der Waals surface area contributed by atoms with Gasteiger partial charge >= 0.3 is 5.97 Å². The second-order valence-electron chi connectivity index (χ2n) is 8.18. The smallest absolute Gasteiger partial charge is 0.303 e. The van der Waals surface area contributed by atoms with E-state index in [0.29, 0.717) is 19.3 Å². The van der Waals surface area contributed by atoms with Crippen molar-refractivity contribution in [3.8, 4) is 0 Å². The number of benzene rings is 1. The molecule has 0 heterocycles. The standard InChI is InChI=1S/C24H35FO4/c1-2-3-6-10-21(26)17-12-14-18(15-13-17)24-19(20(25)16-22(24)27)9-7-4-5-8-11-23(28)29/h4,7,12-15,19-22,24,26-27H,2-3,5-6,8-11,16H2,1H3,(H,28,29)/b7-4-/t19-,20-,21?,22+,24+/m0/s1. The van der Waals surface area contributed by atoms with Crippen molar-refractivity contribution in [2.24, 2.45) is 5.92 Å². The van der Waals surface area contributed by atoms with Crippen LogP contribution in [0.2, 0.25) is 0 Å². The molecule has 0 spiro atoms. The molecule has 0 bridgehead atoms. The number of hydrogen-bond acceptors (Lipinski definition) is 3. The van der Waals surface area contributed by atoms with E-state index >= 15 is 0 Å². The Hall–Kier alpha value is -1.72. The van der Waals surface area contributed by atoms with Crippen LogP contribution in [0.3, 0.4) is 0 Å². The normalized spacial score (nSPS) is 25.5. The predicted molar refractivity (Wildman–Crippen MR) is 113 cm³/mol. The molecule has 3 N–H and O–H groups in total. The van der Waals surface area contributed by atoms with E-state index in [2.05, 4.69) is 6.92 Å². The van der Waals surface area contributed by atoms with Gasteiger partial charge in [0.05, 0.1) is 12.2 Å². The Bertz CT molecular complexity index is 643. The van der Waals surface area contributed by atoms with Crippen LogP contribution in [0.1, 0.15) is 87.9 Å². The average Bonchev–Trinajstić information content (AvgIpc) is 2.97. The largest absolute Gasteiger partial charge is 0.481 e. The van der Waals surface area contributed by atoms with Crippen molar-refractivity contribution in [3.63, 3.8) is 0 Å². The molecule has 1 unspecified atom stereocenters. The molecule has 0 amide bonds. The molecule has 1 aliphatic carbocycles. The molecule has 1 fully saturated rings. The SMILES string of the molecule is CCCCCC(O)c1ccc([C@@H]2[C@@H](C/C=C\CCCC(=O)O)[C@@H](F)C[C@H]2O)cc1. The van der Waals surface area contributed by atoms with Gasteiger partial charge < -0.3 is 15.3 Å². The molecule has 5 heteroatoms. The molecule has 1 aliphatic rings. The summed E-state index contributed by atoms with van der Waals surface area (Å²) in [7, 11) is 0. The van der Waals surface area contributed by atoms with Crippen LogP contribution in [0.25, 0.3) is 0 Å². The monoisotopic (exact) mass is 406 g/mol. The van der Waals surface area contributed by atoms with E-state index in [0.717, 1.165) is 36.8 Å². The van der Waals surface area contributed by atoms with Gasteiger partial charge in [0.1, 0.15) is 6.17 Å². The predicted octanol–water partition coefficient (Wildman–Crippen LogP) is 5.30. The summed E-state index contributed by atoms with van der Waals surface area (Å²) >= 11 is 0. The number of unbranched alkanes of at least 4 members (excludes halogenated alkanes) is 3. The number of aliphatic hydroxyl groups is 2. The van der Waals surface area contributed by atoms with E-state index in [4.69, 9.17) is 5.11 Å². The first-order valence-corrected chi connectivity index (χ1v) is 10.9. The highest BCUT2D eigenvalue weighted by Gasteiger charge is 2.42. The zero-order valence-corrected chi connectivity index (χ0v) is 17.3. The molecule has 0 radical (unpaired) electrons. The van der Waals surface area contributed by atoms with Crippen molar-refractivity contribution in [1.29, 1.82) is 0 Å². The lowest BCUT2D eigenvalue weighted by molar-refractivity contribution is -0.137. The fourth-order valence-corrected chi connectivity index (χ4v) is 4.26. The summed E-state index contributed by atoms with van der Waals surface area (Å²) in [6.07, 6.45) is 7.56. The Labute approximate surface area is 173 Å². The number of carboxylic acids is 1. The minimum atomic E-state index is -1.06. The summed E-state index contributed by atoms with van der Waals surface area (Å²) in [6, 6.07) is 7.60. The molecule has 0 aromatic heterocycles. The quantitative estimate of drug-likeness (QED) is 0.325. The molecule has 29 heavy (non-hydrogen) atoms. The molecular formula is C24H35FO4. The first-order valence-electron chi connectivity index (χ1n) is 10.9. The number of allylic oxidation sites excluding steroid dienone is 2. The topological polar surface area (TPSA) is 77.8 Å². The Morgan fingerprint density at radius 3 is 2.59 bits per heavy atom. The fourth-order valence-electron chi connectivity index (χ4n) is 4.26. The Morgan fingerprint density at radius 1 is 1.21 bits per heavy atom. The lowest BCUT2D eigenvalue weighted by Crippen LogP contribution is -2.18. The van der Waals surface area contributed by atoms with Crippen LogP contribution in [0.15, 0.2) is 36.4 Å². The fraction of sp³-hybridized carbons (Fsp3) is 0.625. The lowest BCUT2D eigenvalue weighted by atomic mass is 9.84. The molecule has 1 aromatic rings. The van der Waals surface area contributed by atoms with Gasteiger partial charge in [-0.05, 0) is 36.8 Å². The molecule has 0 saturated heterocycles. The third kappa shape index (κ3) is 7.23. The van der Waals surface area contributed by atoms with Gasteiger partial charge in [0, 0.05) is 24.7 Å². The van der Waals surface area contributed by atoms with Gasteiger partial charge in [-0.25, -0.2) is 4.39 Å². The summed E-state index contributed by atoms with van der Waals surface area (Å²) < 4.78 is 14.5. The summed E-state index contributed by atoms with van der Waals surface area (Å²) in [5, 5.41) is 29.4. The number of halogens is 1. The molecule has 5 atom stereocenters. The highest BCUT2D eigenvalue weighted by molar-refractivity contribution is 5.66. The Balaban J connectivity index is 1.96. The maximum absolute atomic E-state index is 14.5. The van der Waals surface area contributed by atoms with Crippen molar-refractivity contribution in [3.05, 3.63) is 47.5 Å². The van der Waals surface area contributed by atoms with E-state index in [1.54, 1.807) is 0 Å². The molecule has 1 saturated carbocycles. The van der Waals surface area contributed by atoms with Crippen molar-refractivity contribution in [2.75, 3.05) is 0 Å². The van der Waals surface area contributed by atoms with E-state index in [9.17, 15) is 19.4 Å². The zero-order valence-electron chi connectivity index (χ0n) is 17.3. The Morgan fingerprint density at radius 2 is 1.93 bits per heavy atom. The van der Waals surface area contributed by atoms with Crippen LogP contribution in [0.4, 0.5) is 4.39 Å². The van der Waals surface area contributed by atoms with Crippen molar-refractivity contribution >= 4 is 5.97 Å². The number of aliphatic hydroxyl groups excluding tert-OH is 2. The minimum Gasteiger partial charge on any atom is -0.481 e. The van der Waals surface area contributed by atoms with Crippen molar-refractivity contribution in [2.45, 2.75) is 89.0 Å². The molecular weight excluding hydrogens is 371 g/mol. The number of carboxylic acid groups (broad SMARTS) is 1. The van der Waals surface area contributed by atoms with Gasteiger partial charge in [-0.3, -0.25) is 4.79 Å². The summed E-state index contributed by atoms with van der Waals surface area (Å²) in [5.41, 5.74) is 1.77. The van der Waals surface area contributed by atoms with Crippen molar-refractivity contribution < 1.29 is 24.5 Å². The van der Waals surface area contributed by atoms with E-state index in [1.165, 1.54) is 0 Å². The van der Waals surface area contributed by atoms with Crippen LogP contribution in [-0.2, 0) is 4.79 Å². The second kappa shape index (κ2) is 12.1. The van der Waals surface area contributed by atoms with Crippen LogP contribution in [0, 0.1) is 5.92 Å². The van der Waals surface area contributed by atoms with E-state index in [-0.39, 0.29) is 24.7 Å². The van der Waals surface area contributed by atoms with E-state index in [1.807, 2.05) is 36.4 Å². The van der Waals surface area contributed by atoms with Gasteiger partial charge in [-0.15, -0.1) is 0 Å². The lowest BCUT2D eigenvalue weighted by Gasteiger charge is -2.23. The molecule has 2 rings (SSSR count). The average molecular weight is 407 g/mol. The highest BCUT2D eigenvalue weighted by Crippen LogP contribution is 2.44. The number of rotatable bonds is 12. The number of alkyl halides is 1. The highest BCUT2D eigenvalue weighted by atomic mass is 19.1. The van der Waals surface area contributed by atoms with Gasteiger partial charge in [-0.1, -0.05) is 62.6 Å². The first-order chi connectivity index (χ1) is 13.9.